The molecule has 2 aromatic rings. The Kier molecular flexibility index (Phi) is 2.67. The van der Waals surface area contributed by atoms with E-state index in [0.717, 1.165) is 21.8 Å². The van der Waals surface area contributed by atoms with Crippen molar-refractivity contribution in [2.75, 3.05) is 5.32 Å². The van der Waals surface area contributed by atoms with E-state index < -0.39 is 0 Å². The molecule has 3 nitrogen and oxygen atoms in total. The lowest BCUT2D eigenvalue weighted by Gasteiger charge is -2.08. The van der Waals surface area contributed by atoms with Crippen molar-refractivity contribution in [2.24, 2.45) is 0 Å². The monoisotopic (exact) mass is 291 g/mol. The van der Waals surface area contributed by atoms with Crippen LogP contribution in [0.4, 0.5) is 11.6 Å². The zero-order chi connectivity index (χ0) is 11.8. The van der Waals surface area contributed by atoms with Crippen molar-refractivity contribution in [3.63, 3.8) is 0 Å². The number of halogens is 1. The fourth-order valence-electron chi connectivity index (χ4n) is 1.93. The number of hydrogen-bond donors (Lipinski definition) is 1. The summed E-state index contributed by atoms with van der Waals surface area (Å²) in [5, 5.41) is 3.38. The van der Waals surface area contributed by atoms with Gasteiger partial charge in [0.25, 0.3) is 0 Å². The minimum atomic E-state index is 0.644. The largest absolute Gasteiger partial charge is 0.326 e. The lowest BCUT2D eigenvalue weighted by atomic mass is 10.3. The number of aryl methyl sites for hydroxylation is 1. The molecule has 0 spiro atoms. The minimum absolute atomic E-state index is 0.644. The van der Waals surface area contributed by atoms with Crippen LogP contribution in [0.2, 0.25) is 0 Å². The summed E-state index contributed by atoms with van der Waals surface area (Å²) >= 11 is 3.47. The summed E-state index contributed by atoms with van der Waals surface area (Å²) in [5.74, 6) is 0.947. The highest BCUT2D eigenvalue weighted by Gasteiger charge is 2.26. The molecule has 1 aromatic heterocycles. The Labute approximate surface area is 109 Å². The Bertz CT molecular complexity index is 543. The predicted molar refractivity (Wildman–Crippen MR) is 72.7 cm³/mol. The molecule has 4 heteroatoms. The van der Waals surface area contributed by atoms with Crippen molar-refractivity contribution in [1.29, 1.82) is 0 Å². The molecule has 0 saturated heterocycles. The van der Waals surface area contributed by atoms with E-state index in [9.17, 15) is 0 Å². The molecule has 0 aliphatic heterocycles. The third-order valence-corrected chi connectivity index (χ3v) is 3.37. The summed E-state index contributed by atoms with van der Waals surface area (Å²) in [6.07, 6.45) is 4.66. The summed E-state index contributed by atoms with van der Waals surface area (Å²) < 4.78 is 3.32. The summed E-state index contributed by atoms with van der Waals surface area (Å²) in [7, 11) is 0. The molecule has 0 radical (unpaired) electrons. The molecular formula is C13H14BrN3. The second kappa shape index (κ2) is 4.18. The van der Waals surface area contributed by atoms with Crippen molar-refractivity contribution in [1.82, 2.24) is 9.55 Å². The highest BCUT2D eigenvalue weighted by atomic mass is 79.9. The first kappa shape index (κ1) is 10.8. The van der Waals surface area contributed by atoms with Gasteiger partial charge in [-0.1, -0.05) is 22.0 Å². The second-order valence-electron chi connectivity index (χ2n) is 4.48. The van der Waals surface area contributed by atoms with E-state index in [0.29, 0.717) is 6.04 Å². The first-order valence-electron chi connectivity index (χ1n) is 5.80. The molecular weight excluding hydrogens is 278 g/mol. The van der Waals surface area contributed by atoms with E-state index in [-0.39, 0.29) is 0 Å². The van der Waals surface area contributed by atoms with Gasteiger partial charge in [0.15, 0.2) is 0 Å². The summed E-state index contributed by atoms with van der Waals surface area (Å²) in [6, 6.07) is 8.78. The van der Waals surface area contributed by atoms with Gasteiger partial charge in [0.1, 0.15) is 0 Å². The van der Waals surface area contributed by atoms with Crippen molar-refractivity contribution < 1.29 is 0 Å². The molecule has 17 heavy (non-hydrogen) atoms. The molecule has 1 aromatic carbocycles. The maximum atomic E-state index is 4.53. The summed E-state index contributed by atoms with van der Waals surface area (Å²) in [5.41, 5.74) is 2.13. The Balaban J connectivity index is 1.89. The Morgan fingerprint density at radius 1 is 1.41 bits per heavy atom. The average molecular weight is 292 g/mol. The lowest BCUT2D eigenvalue weighted by Crippen LogP contribution is -2.01. The average Bonchev–Trinajstić information content (AvgIpc) is 3.04. The Hall–Kier alpha value is -1.29. The molecule has 3 rings (SSSR count). The summed E-state index contributed by atoms with van der Waals surface area (Å²) in [6.45, 7) is 2.03. The van der Waals surface area contributed by atoms with Crippen LogP contribution >= 0.6 is 15.9 Å². The molecule has 0 unspecified atom stereocenters. The number of hydrogen-bond acceptors (Lipinski definition) is 2. The normalized spacial score (nSPS) is 14.9. The van der Waals surface area contributed by atoms with Gasteiger partial charge >= 0.3 is 0 Å². The minimum Gasteiger partial charge on any atom is -0.326 e. The fourth-order valence-corrected chi connectivity index (χ4v) is 2.33. The second-order valence-corrected chi connectivity index (χ2v) is 5.40. The van der Waals surface area contributed by atoms with Crippen LogP contribution in [-0.2, 0) is 0 Å². The van der Waals surface area contributed by atoms with Gasteiger partial charge < -0.3 is 9.88 Å². The van der Waals surface area contributed by atoms with Gasteiger partial charge in [0.2, 0.25) is 5.95 Å². The zero-order valence-electron chi connectivity index (χ0n) is 9.65. The quantitative estimate of drug-likeness (QED) is 0.925. The van der Waals surface area contributed by atoms with E-state index in [1.807, 2.05) is 25.1 Å². The van der Waals surface area contributed by atoms with Gasteiger partial charge in [-0.3, -0.25) is 0 Å². The Morgan fingerprint density at radius 2 is 2.24 bits per heavy atom. The number of nitrogens with zero attached hydrogens (tertiary/aromatic N) is 2. The molecule has 1 aliphatic rings. The molecule has 1 aliphatic carbocycles. The third kappa shape index (κ3) is 2.36. The number of imidazole rings is 1. The van der Waals surface area contributed by atoms with Crippen molar-refractivity contribution in [3.05, 3.63) is 40.6 Å². The number of rotatable bonds is 3. The first-order chi connectivity index (χ1) is 8.22. The van der Waals surface area contributed by atoms with E-state index in [4.69, 9.17) is 0 Å². The van der Waals surface area contributed by atoms with Crippen molar-refractivity contribution in [2.45, 2.75) is 25.8 Å². The SMILES string of the molecule is Cc1cn(C2CC2)c(Nc2cccc(Br)c2)n1. The smallest absolute Gasteiger partial charge is 0.207 e. The molecule has 0 bridgehead atoms. The van der Waals surface area contributed by atoms with Gasteiger partial charge in [-0.05, 0) is 38.0 Å². The predicted octanol–water partition coefficient (Wildman–Crippen LogP) is 4.03. The topological polar surface area (TPSA) is 29.9 Å². The molecule has 88 valence electrons. The number of anilines is 2. The van der Waals surface area contributed by atoms with E-state index in [2.05, 4.69) is 43.1 Å². The summed E-state index contributed by atoms with van der Waals surface area (Å²) in [4.78, 5) is 4.53. The lowest BCUT2D eigenvalue weighted by molar-refractivity contribution is 0.750. The molecule has 1 heterocycles. The maximum Gasteiger partial charge on any atom is 0.207 e. The number of nitrogens with one attached hydrogen (secondary N) is 1. The van der Waals surface area contributed by atoms with Gasteiger partial charge in [0, 0.05) is 22.4 Å². The Morgan fingerprint density at radius 3 is 2.94 bits per heavy atom. The van der Waals surface area contributed by atoms with Crippen LogP contribution in [0.25, 0.3) is 0 Å². The molecule has 1 saturated carbocycles. The number of benzene rings is 1. The molecule has 0 amide bonds. The van der Waals surface area contributed by atoms with Gasteiger partial charge in [-0.2, -0.15) is 0 Å². The number of aromatic nitrogens is 2. The third-order valence-electron chi connectivity index (χ3n) is 2.87. The maximum absolute atomic E-state index is 4.53. The fraction of sp³-hybridized carbons (Fsp3) is 0.308. The van der Waals surface area contributed by atoms with E-state index in [1.54, 1.807) is 0 Å². The van der Waals surface area contributed by atoms with E-state index >= 15 is 0 Å². The van der Waals surface area contributed by atoms with Gasteiger partial charge in [0.05, 0.1) is 5.69 Å². The molecule has 1 N–H and O–H groups in total. The van der Waals surface area contributed by atoms with Crippen LogP contribution in [0.3, 0.4) is 0 Å². The van der Waals surface area contributed by atoms with Gasteiger partial charge in [-0.25, -0.2) is 4.98 Å². The van der Waals surface area contributed by atoms with Gasteiger partial charge in [-0.15, -0.1) is 0 Å². The van der Waals surface area contributed by atoms with Crippen LogP contribution in [0.15, 0.2) is 34.9 Å². The van der Waals surface area contributed by atoms with Crippen LogP contribution in [-0.4, -0.2) is 9.55 Å². The van der Waals surface area contributed by atoms with Crippen LogP contribution in [0, 0.1) is 6.92 Å². The molecule has 0 atom stereocenters. The highest BCUT2D eigenvalue weighted by Crippen LogP contribution is 2.38. The van der Waals surface area contributed by atoms with E-state index in [1.165, 1.54) is 12.8 Å². The van der Waals surface area contributed by atoms with Crippen molar-refractivity contribution >= 4 is 27.6 Å². The van der Waals surface area contributed by atoms with Crippen LogP contribution in [0.1, 0.15) is 24.6 Å². The standard InChI is InChI=1S/C13H14BrN3/c1-9-8-17(12-5-6-12)13(15-9)16-11-4-2-3-10(14)7-11/h2-4,7-8,12H,5-6H2,1H3,(H,15,16). The van der Waals surface area contributed by atoms with Crippen LogP contribution < -0.4 is 5.32 Å². The molecule has 1 fully saturated rings. The first-order valence-corrected chi connectivity index (χ1v) is 6.60. The zero-order valence-corrected chi connectivity index (χ0v) is 11.2. The van der Waals surface area contributed by atoms with Crippen LogP contribution in [0.5, 0.6) is 0 Å². The van der Waals surface area contributed by atoms with Crippen molar-refractivity contribution in [3.8, 4) is 0 Å². The highest BCUT2D eigenvalue weighted by molar-refractivity contribution is 9.10.